The zero-order valence-corrected chi connectivity index (χ0v) is 11.9. The molecule has 0 aromatic rings. The Morgan fingerprint density at radius 3 is 2.68 bits per heavy atom. The quantitative estimate of drug-likeness (QED) is 0.795. The summed E-state index contributed by atoms with van der Waals surface area (Å²) < 4.78 is 0. The van der Waals surface area contributed by atoms with Gasteiger partial charge in [-0.3, -0.25) is 9.69 Å². The molecule has 0 radical (unpaired) electrons. The maximum Gasteiger partial charge on any atom is 0.234 e. The average molecular weight is 268 g/mol. The number of likely N-dealkylation sites (tertiary alicyclic amines) is 1. The molecule has 1 aliphatic heterocycles. The predicted molar refractivity (Wildman–Crippen MR) is 75.9 cm³/mol. The van der Waals surface area contributed by atoms with Crippen molar-refractivity contribution < 1.29 is 9.90 Å². The van der Waals surface area contributed by atoms with Crippen molar-refractivity contribution in [3.05, 3.63) is 0 Å². The Bertz CT molecular complexity index is 275. The highest BCUT2D eigenvalue weighted by Crippen LogP contribution is 2.19. The van der Waals surface area contributed by atoms with Gasteiger partial charge in [-0.05, 0) is 44.6 Å². The predicted octanol–water partition coefficient (Wildman–Crippen LogP) is 1.53. The second-order valence-corrected chi connectivity index (χ2v) is 6.16. The van der Waals surface area contributed by atoms with Gasteiger partial charge < -0.3 is 10.4 Å². The lowest BCUT2D eigenvalue weighted by atomic mass is 9.94. The van der Waals surface area contributed by atoms with E-state index in [1.54, 1.807) is 0 Å². The summed E-state index contributed by atoms with van der Waals surface area (Å²) in [6, 6.07) is 0.416. The molecule has 0 bridgehead atoms. The SMILES string of the molecule is O=C(CN1CCCC(CCO)C1)NC1CCCCC1. The molecule has 19 heavy (non-hydrogen) atoms. The van der Waals surface area contributed by atoms with E-state index >= 15 is 0 Å². The lowest BCUT2D eigenvalue weighted by Gasteiger charge is -2.32. The molecule has 1 saturated carbocycles. The molecule has 0 aromatic carbocycles. The fraction of sp³-hybridized carbons (Fsp3) is 0.933. The molecule has 0 aromatic heterocycles. The first-order chi connectivity index (χ1) is 9.28. The highest BCUT2D eigenvalue weighted by Gasteiger charge is 2.22. The van der Waals surface area contributed by atoms with E-state index in [4.69, 9.17) is 5.11 Å². The monoisotopic (exact) mass is 268 g/mol. The summed E-state index contributed by atoms with van der Waals surface area (Å²) in [4.78, 5) is 14.3. The molecule has 2 rings (SSSR count). The maximum absolute atomic E-state index is 12.0. The maximum atomic E-state index is 12.0. The molecular weight excluding hydrogens is 240 g/mol. The number of nitrogens with one attached hydrogen (secondary N) is 1. The fourth-order valence-electron chi connectivity index (χ4n) is 3.44. The van der Waals surface area contributed by atoms with Crippen molar-refractivity contribution in [2.24, 2.45) is 5.92 Å². The Morgan fingerprint density at radius 2 is 1.95 bits per heavy atom. The molecule has 1 amide bonds. The Hall–Kier alpha value is -0.610. The number of hydrogen-bond donors (Lipinski definition) is 2. The molecule has 2 N–H and O–H groups in total. The molecule has 1 saturated heterocycles. The van der Waals surface area contributed by atoms with E-state index < -0.39 is 0 Å². The van der Waals surface area contributed by atoms with Crippen molar-refractivity contribution in [2.45, 2.75) is 57.4 Å². The summed E-state index contributed by atoms with van der Waals surface area (Å²) in [6.45, 7) is 2.81. The zero-order valence-electron chi connectivity index (χ0n) is 11.9. The topological polar surface area (TPSA) is 52.6 Å². The number of piperidine rings is 1. The number of amides is 1. The Labute approximate surface area is 116 Å². The molecule has 1 unspecified atom stereocenters. The van der Waals surface area contributed by atoms with Crippen LogP contribution < -0.4 is 5.32 Å². The summed E-state index contributed by atoms with van der Waals surface area (Å²) in [5, 5.41) is 12.2. The van der Waals surface area contributed by atoms with Gasteiger partial charge in [-0.2, -0.15) is 0 Å². The lowest BCUT2D eigenvalue weighted by Crippen LogP contribution is -2.45. The summed E-state index contributed by atoms with van der Waals surface area (Å²) in [7, 11) is 0. The van der Waals surface area contributed by atoms with Crippen LogP contribution >= 0.6 is 0 Å². The standard InChI is InChI=1S/C15H28N2O2/c18-10-8-13-5-4-9-17(11-13)12-15(19)16-14-6-2-1-3-7-14/h13-14,18H,1-12H2,(H,16,19). The van der Waals surface area contributed by atoms with Crippen LogP contribution in [-0.2, 0) is 4.79 Å². The van der Waals surface area contributed by atoms with Gasteiger partial charge >= 0.3 is 0 Å². The van der Waals surface area contributed by atoms with Crippen molar-refractivity contribution >= 4 is 5.91 Å². The van der Waals surface area contributed by atoms with E-state index in [0.717, 1.165) is 38.8 Å². The number of aliphatic hydroxyl groups excluding tert-OH is 1. The van der Waals surface area contributed by atoms with Crippen LogP contribution in [0, 0.1) is 5.92 Å². The van der Waals surface area contributed by atoms with Crippen LogP contribution in [0.3, 0.4) is 0 Å². The third kappa shape index (κ3) is 5.11. The second-order valence-electron chi connectivity index (χ2n) is 6.16. The first-order valence-electron chi connectivity index (χ1n) is 7.90. The summed E-state index contributed by atoms with van der Waals surface area (Å²) in [6.07, 6.45) is 9.36. The minimum Gasteiger partial charge on any atom is -0.396 e. The first kappa shape index (κ1) is 14.8. The van der Waals surface area contributed by atoms with Crippen LogP contribution in [0.15, 0.2) is 0 Å². The van der Waals surface area contributed by atoms with E-state index in [0.29, 0.717) is 18.5 Å². The number of hydrogen-bond acceptors (Lipinski definition) is 3. The van der Waals surface area contributed by atoms with Crippen molar-refractivity contribution in [2.75, 3.05) is 26.2 Å². The average Bonchev–Trinajstić information content (AvgIpc) is 2.40. The molecule has 4 heteroatoms. The Morgan fingerprint density at radius 1 is 1.16 bits per heavy atom. The van der Waals surface area contributed by atoms with Crippen LogP contribution in [0.1, 0.15) is 51.4 Å². The third-order valence-electron chi connectivity index (χ3n) is 4.48. The van der Waals surface area contributed by atoms with Crippen LogP contribution in [0.4, 0.5) is 0 Å². The van der Waals surface area contributed by atoms with Gasteiger partial charge in [0.15, 0.2) is 0 Å². The van der Waals surface area contributed by atoms with Crippen molar-refractivity contribution in [1.82, 2.24) is 10.2 Å². The van der Waals surface area contributed by atoms with Crippen LogP contribution in [0.2, 0.25) is 0 Å². The second kappa shape index (κ2) is 7.85. The Balaban J connectivity index is 1.68. The van der Waals surface area contributed by atoms with Gasteiger partial charge in [0.1, 0.15) is 0 Å². The highest BCUT2D eigenvalue weighted by atomic mass is 16.3. The largest absolute Gasteiger partial charge is 0.396 e. The van der Waals surface area contributed by atoms with Crippen molar-refractivity contribution in [1.29, 1.82) is 0 Å². The number of carbonyl (C=O) groups is 1. The van der Waals surface area contributed by atoms with Gasteiger partial charge in [0.2, 0.25) is 5.91 Å². The number of carbonyl (C=O) groups excluding carboxylic acids is 1. The minimum atomic E-state index is 0.191. The van der Waals surface area contributed by atoms with Gasteiger partial charge in [0, 0.05) is 19.2 Å². The van der Waals surface area contributed by atoms with Gasteiger partial charge in [0.05, 0.1) is 6.54 Å². The van der Waals surface area contributed by atoms with E-state index in [1.807, 2.05) is 0 Å². The molecular formula is C15H28N2O2. The summed E-state index contributed by atoms with van der Waals surface area (Å²) in [5.41, 5.74) is 0. The highest BCUT2D eigenvalue weighted by molar-refractivity contribution is 5.78. The zero-order chi connectivity index (χ0) is 13.5. The normalized spacial score (nSPS) is 26.3. The number of nitrogens with zero attached hydrogens (tertiary/aromatic N) is 1. The molecule has 1 atom stereocenters. The fourth-order valence-corrected chi connectivity index (χ4v) is 3.44. The molecule has 4 nitrogen and oxygen atoms in total. The smallest absolute Gasteiger partial charge is 0.234 e. The molecule has 2 aliphatic rings. The molecule has 2 fully saturated rings. The van der Waals surface area contributed by atoms with Gasteiger partial charge in [0.25, 0.3) is 0 Å². The molecule has 0 spiro atoms. The summed E-state index contributed by atoms with van der Waals surface area (Å²) in [5.74, 6) is 0.762. The van der Waals surface area contributed by atoms with E-state index in [-0.39, 0.29) is 12.5 Å². The number of aliphatic hydroxyl groups is 1. The van der Waals surface area contributed by atoms with Crippen LogP contribution in [0.25, 0.3) is 0 Å². The first-order valence-corrected chi connectivity index (χ1v) is 7.90. The van der Waals surface area contributed by atoms with Gasteiger partial charge in [-0.25, -0.2) is 0 Å². The van der Waals surface area contributed by atoms with Crippen molar-refractivity contribution in [3.8, 4) is 0 Å². The number of rotatable bonds is 5. The van der Waals surface area contributed by atoms with Crippen LogP contribution in [-0.4, -0.2) is 48.2 Å². The van der Waals surface area contributed by atoms with Gasteiger partial charge in [-0.1, -0.05) is 19.3 Å². The minimum absolute atomic E-state index is 0.191. The van der Waals surface area contributed by atoms with Crippen molar-refractivity contribution in [3.63, 3.8) is 0 Å². The molecule has 1 aliphatic carbocycles. The van der Waals surface area contributed by atoms with E-state index in [9.17, 15) is 4.79 Å². The van der Waals surface area contributed by atoms with E-state index in [1.165, 1.54) is 25.7 Å². The lowest BCUT2D eigenvalue weighted by molar-refractivity contribution is -0.123. The van der Waals surface area contributed by atoms with E-state index in [2.05, 4.69) is 10.2 Å². The molecule has 1 heterocycles. The Kier molecular flexibility index (Phi) is 6.11. The molecule has 110 valence electrons. The third-order valence-corrected chi connectivity index (χ3v) is 4.48. The van der Waals surface area contributed by atoms with Gasteiger partial charge in [-0.15, -0.1) is 0 Å². The van der Waals surface area contributed by atoms with Crippen LogP contribution in [0.5, 0.6) is 0 Å². The summed E-state index contributed by atoms with van der Waals surface area (Å²) >= 11 is 0.